The number of aromatic nitrogens is 3. The number of benzene rings is 2. The van der Waals surface area contributed by atoms with Crippen LogP contribution >= 0.6 is 0 Å². The predicted molar refractivity (Wildman–Crippen MR) is 133 cm³/mol. The molecule has 1 atom stereocenters. The van der Waals surface area contributed by atoms with Gasteiger partial charge in [0.25, 0.3) is 0 Å². The van der Waals surface area contributed by atoms with Gasteiger partial charge in [-0.05, 0) is 68.5 Å². The number of ether oxygens (including phenoxy) is 1. The van der Waals surface area contributed by atoms with Crippen molar-refractivity contribution in [1.82, 2.24) is 19.9 Å². The van der Waals surface area contributed by atoms with Gasteiger partial charge < -0.3 is 10.1 Å². The Bertz CT molecular complexity index is 1180. The highest BCUT2D eigenvalue weighted by Crippen LogP contribution is 2.40. The molecule has 5 rings (SSSR count). The number of hydrogen-bond donors (Lipinski definition) is 1. The molecule has 33 heavy (non-hydrogen) atoms. The van der Waals surface area contributed by atoms with E-state index in [0.29, 0.717) is 6.04 Å². The van der Waals surface area contributed by atoms with E-state index in [1.54, 1.807) is 7.11 Å². The van der Waals surface area contributed by atoms with E-state index in [4.69, 9.17) is 4.74 Å². The summed E-state index contributed by atoms with van der Waals surface area (Å²) < 4.78 is 7.67. The highest BCUT2D eigenvalue weighted by molar-refractivity contribution is 5.75. The number of nitrogens with one attached hydrogen (secondary N) is 1. The third-order valence-corrected chi connectivity index (χ3v) is 6.99. The van der Waals surface area contributed by atoms with Crippen LogP contribution in [-0.4, -0.2) is 46.1 Å². The van der Waals surface area contributed by atoms with Gasteiger partial charge in [-0.1, -0.05) is 35.6 Å². The average Bonchev–Trinajstić information content (AvgIpc) is 3.13. The quantitative estimate of drug-likeness (QED) is 0.579. The average molecular weight is 444 g/mol. The molecule has 6 heteroatoms. The van der Waals surface area contributed by atoms with Gasteiger partial charge in [-0.25, -0.2) is 4.68 Å². The number of rotatable bonds is 5. The molecule has 1 N–H and O–H groups in total. The van der Waals surface area contributed by atoms with Gasteiger partial charge in [-0.15, -0.1) is 5.10 Å². The molecule has 0 bridgehead atoms. The van der Waals surface area contributed by atoms with Gasteiger partial charge in [0.1, 0.15) is 5.75 Å². The van der Waals surface area contributed by atoms with E-state index in [-0.39, 0.29) is 6.04 Å². The van der Waals surface area contributed by atoms with E-state index in [1.807, 2.05) is 18.2 Å². The minimum absolute atomic E-state index is 0.147. The Kier molecular flexibility index (Phi) is 5.94. The lowest BCUT2D eigenvalue weighted by atomic mass is 9.90. The van der Waals surface area contributed by atoms with Crippen molar-refractivity contribution in [3.63, 3.8) is 0 Å². The van der Waals surface area contributed by atoms with Crippen molar-refractivity contribution in [1.29, 1.82) is 0 Å². The molecule has 3 aromatic rings. The molecule has 0 amide bonds. The van der Waals surface area contributed by atoms with Crippen molar-refractivity contribution in [3.8, 4) is 17.0 Å². The Morgan fingerprint density at radius 2 is 1.97 bits per heavy atom. The number of nitrogens with zero attached hydrogens (tertiary/aromatic N) is 4. The number of methoxy groups -OCH3 is 1. The molecule has 172 valence electrons. The Balaban J connectivity index is 1.56. The SMILES string of the molecule is COc1ccccc1NC1CCn2nnc(C)c2-c2ccc(C3=CCN(C(C)C)CC3)cc21. The first kappa shape index (κ1) is 21.7. The monoisotopic (exact) mass is 443 g/mol. The standard InChI is InChI=1S/C27H33N5O/c1-18(2)31-14-11-20(12-15-31)21-9-10-22-23(17-21)24(13-16-32-27(22)19(3)29-30-32)28-25-7-5-6-8-26(25)33-4/h5-11,17-18,24,28H,12-16H2,1-4H3. The molecule has 6 nitrogen and oxygen atoms in total. The minimum Gasteiger partial charge on any atom is -0.495 e. The zero-order valence-electron chi connectivity index (χ0n) is 20.0. The first-order valence-corrected chi connectivity index (χ1v) is 11.9. The molecule has 2 aromatic carbocycles. The van der Waals surface area contributed by atoms with Crippen LogP contribution in [0.5, 0.6) is 5.75 Å². The molecule has 0 saturated carbocycles. The lowest BCUT2D eigenvalue weighted by molar-refractivity contribution is 0.245. The van der Waals surface area contributed by atoms with E-state index in [9.17, 15) is 0 Å². The van der Waals surface area contributed by atoms with Crippen molar-refractivity contribution in [2.24, 2.45) is 0 Å². The van der Waals surface area contributed by atoms with Gasteiger partial charge in [-0.2, -0.15) is 0 Å². The van der Waals surface area contributed by atoms with Crippen molar-refractivity contribution in [2.75, 3.05) is 25.5 Å². The summed E-state index contributed by atoms with van der Waals surface area (Å²) in [4.78, 5) is 2.52. The number of anilines is 1. The summed E-state index contributed by atoms with van der Waals surface area (Å²) in [5.41, 5.74) is 8.40. The summed E-state index contributed by atoms with van der Waals surface area (Å²) in [5.74, 6) is 0.860. The Morgan fingerprint density at radius 1 is 1.12 bits per heavy atom. The first-order valence-electron chi connectivity index (χ1n) is 11.9. The maximum Gasteiger partial charge on any atom is 0.141 e. The van der Waals surface area contributed by atoms with Crippen LogP contribution in [0.3, 0.4) is 0 Å². The van der Waals surface area contributed by atoms with Gasteiger partial charge >= 0.3 is 0 Å². The summed E-state index contributed by atoms with van der Waals surface area (Å²) in [5, 5.41) is 12.6. The zero-order valence-corrected chi connectivity index (χ0v) is 20.0. The third-order valence-electron chi connectivity index (χ3n) is 6.99. The van der Waals surface area contributed by atoms with Crippen LogP contribution in [0.2, 0.25) is 0 Å². The van der Waals surface area contributed by atoms with Crippen LogP contribution in [0, 0.1) is 6.92 Å². The van der Waals surface area contributed by atoms with Crippen molar-refractivity contribution in [2.45, 2.75) is 52.2 Å². The van der Waals surface area contributed by atoms with Gasteiger partial charge in [0.15, 0.2) is 0 Å². The third kappa shape index (κ3) is 4.15. The van der Waals surface area contributed by atoms with Gasteiger partial charge in [0.2, 0.25) is 0 Å². The van der Waals surface area contributed by atoms with E-state index in [2.05, 4.69) is 76.3 Å². The van der Waals surface area contributed by atoms with Crippen LogP contribution in [0.1, 0.15) is 49.6 Å². The Morgan fingerprint density at radius 3 is 2.73 bits per heavy atom. The van der Waals surface area contributed by atoms with E-state index in [1.165, 1.54) is 22.3 Å². The highest BCUT2D eigenvalue weighted by atomic mass is 16.5. The second kappa shape index (κ2) is 9.02. The normalized spacial score (nSPS) is 18.3. The number of para-hydroxylation sites is 2. The summed E-state index contributed by atoms with van der Waals surface area (Å²) in [6, 6.07) is 15.8. The van der Waals surface area contributed by atoms with E-state index in [0.717, 1.165) is 55.3 Å². The number of fused-ring (bicyclic) bond motifs is 3. The molecule has 1 aromatic heterocycles. The smallest absolute Gasteiger partial charge is 0.141 e. The lowest BCUT2D eigenvalue weighted by Crippen LogP contribution is -2.34. The molecule has 0 aliphatic carbocycles. The van der Waals surface area contributed by atoms with Crippen LogP contribution in [0.15, 0.2) is 48.5 Å². The van der Waals surface area contributed by atoms with Crippen LogP contribution < -0.4 is 10.1 Å². The minimum atomic E-state index is 0.147. The molecular weight excluding hydrogens is 410 g/mol. The molecule has 0 spiro atoms. The summed E-state index contributed by atoms with van der Waals surface area (Å²) in [6.45, 7) is 9.54. The fourth-order valence-corrected chi connectivity index (χ4v) is 5.08. The van der Waals surface area contributed by atoms with Crippen molar-refractivity contribution < 1.29 is 4.74 Å². The fraction of sp³-hybridized carbons (Fsp3) is 0.407. The fourth-order valence-electron chi connectivity index (χ4n) is 5.08. The van der Waals surface area contributed by atoms with Crippen molar-refractivity contribution >= 4 is 11.3 Å². The summed E-state index contributed by atoms with van der Waals surface area (Å²) >= 11 is 0. The maximum atomic E-state index is 5.62. The van der Waals surface area contributed by atoms with E-state index >= 15 is 0 Å². The molecule has 3 heterocycles. The second-order valence-electron chi connectivity index (χ2n) is 9.30. The zero-order chi connectivity index (χ0) is 22.9. The van der Waals surface area contributed by atoms with Crippen LogP contribution in [0.4, 0.5) is 5.69 Å². The second-order valence-corrected chi connectivity index (χ2v) is 9.30. The number of hydrogen-bond acceptors (Lipinski definition) is 5. The Hall–Kier alpha value is -3.12. The summed E-state index contributed by atoms with van der Waals surface area (Å²) in [7, 11) is 1.72. The van der Waals surface area contributed by atoms with Gasteiger partial charge in [0.05, 0.1) is 30.2 Å². The summed E-state index contributed by atoms with van der Waals surface area (Å²) in [6.07, 6.45) is 4.41. The van der Waals surface area contributed by atoms with Gasteiger partial charge in [0, 0.05) is 31.2 Å². The molecule has 0 saturated heterocycles. The van der Waals surface area contributed by atoms with E-state index < -0.39 is 0 Å². The number of aryl methyl sites for hydroxylation is 2. The lowest BCUT2D eigenvalue weighted by Gasteiger charge is -2.30. The molecule has 0 radical (unpaired) electrons. The van der Waals surface area contributed by atoms with Crippen LogP contribution in [0.25, 0.3) is 16.8 Å². The molecule has 1 unspecified atom stereocenters. The largest absolute Gasteiger partial charge is 0.495 e. The molecule has 0 fully saturated rings. The molecule has 2 aliphatic heterocycles. The van der Waals surface area contributed by atoms with Gasteiger partial charge in [-0.3, -0.25) is 4.90 Å². The molecule has 2 aliphatic rings. The Labute approximate surface area is 196 Å². The van der Waals surface area contributed by atoms with Crippen molar-refractivity contribution in [3.05, 3.63) is 65.4 Å². The van der Waals surface area contributed by atoms with Crippen LogP contribution in [-0.2, 0) is 6.54 Å². The maximum absolute atomic E-state index is 5.62. The highest BCUT2D eigenvalue weighted by Gasteiger charge is 2.27. The molecular formula is C27H33N5O. The first-order chi connectivity index (χ1) is 16.0. The predicted octanol–water partition coefficient (Wildman–Crippen LogP) is 5.32. The topological polar surface area (TPSA) is 55.2 Å².